The van der Waals surface area contributed by atoms with Gasteiger partial charge in [0.1, 0.15) is 0 Å². The van der Waals surface area contributed by atoms with E-state index in [0.29, 0.717) is 0 Å². The van der Waals surface area contributed by atoms with Crippen LogP contribution in [0.5, 0.6) is 0 Å². The van der Waals surface area contributed by atoms with Crippen molar-refractivity contribution in [2.24, 2.45) is 12.5 Å². The van der Waals surface area contributed by atoms with Gasteiger partial charge in [0.25, 0.3) is 0 Å². The van der Waals surface area contributed by atoms with Crippen LogP contribution in [0.2, 0.25) is 0 Å². The maximum atomic E-state index is 5.05. The Labute approximate surface area is 110 Å². The van der Waals surface area contributed by atoms with Gasteiger partial charge in [0.05, 0.1) is 12.3 Å². The number of hydrogen-bond acceptors (Lipinski definition) is 4. The Morgan fingerprint density at radius 3 is 2.83 bits per heavy atom. The SMILES string of the molecule is CCCC(C)(CNCCOC)Cc1cn(C)nn1. The second kappa shape index (κ2) is 7.48. The van der Waals surface area contributed by atoms with Crippen LogP contribution >= 0.6 is 0 Å². The first-order valence-corrected chi connectivity index (χ1v) is 6.64. The summed E-state index contributed by atoms with van der Waals surface area (Å²) in [5.74, 6) is 0. The molecule has 0 aromatic carbocycles. The van der Waals surface area contributed by atoms with Crippen LogP contribution in [-0.2, 0) is 18.2 Å². The predicted octanol–water partition coefficient (Wildman–Crippen LogP) is 1.40. The molecule has 0 fully saturated rings. The number of aromatic nitrogens is 3. The molecule has 0 amide bonds. The van der Waals surface area contributed by atoms with Gasteiger partial charge in [0, 0.05) is 33.4 Å². The van der Waals surface area contributed by atoms with Crippen molar-refractivity contribution in [3.63, 3.8) is 0 Å². The van der Waals surface area contributed by atoms with Crippen LogP contribution in [0.25, 0.3) is 0 Å². The Morgan fingerprint density at radius 2 is 2.28 bits per heavy atom. The van der Waals surface area contributed by atoms with Gasteiger partial charge in [-0.05, 0) is 18.3 Å². The van der Waals surface area contributed by atoms with E-state index in [4.69, 9.17) is 4.74 Å². The molecule has 0 aliphatic carbocycles. The van der Waals surface area contributed by atoms with E-state index < -0.39 is 0 Å². The summed E-state index contributed by atoms with van der Waals surface area (Å²) in [6, 6.07) is 0. The van der Waals surface area contributed by atoms with Gasteiger partial charge in [-0.2, -0.15) is 0 Å². The van der Waals surface area contributed by atoms with Gasteiger partial charge >= 0.3 is 0 Å². The highest BCUT2D eigenvalue weighted by atomic mass is 16.5. The van der Waals surface area contributed by atoms with Crippen LogP contribution in [0.15, 0.2) is 6.20 Å². The molecule has 1 rings (SSSR count). The lowest BCUT2D eigenvalue weighted by atomic mass is 9.81. The van der Waals surface area contributed by atoms with Crippen molar-refractivity contribution in [2.45, 2.75) is 33.1 Å². The van der Waals surface area contributed by atoms with E-state index in [-0.39, 0.29) is 5.41 Å². The third kappa shape index (κ3) is 5.14. The highest BCUT2D eigenvalue weighted by Gasteiger charge is 2.24. The summed E-state index contributed by atoms with van der Waals surface area (Å²) >= 11 is 0. The predicted molar refractivity (Wildman–Crippen MR) is 72.5 cm³/mol. The molecule has 5 nitrogen and oxygen atoms in total. The standard InChI is InChI=1S/C13H26N4O/c1-5-6-13(2,11-14-7-8-18-4)9-12-10-17(3)16-15-12/h10,14H,5-9,11H2,1-4H3. The first-order valence-electron chi connectivity index (χ1n) is 6.64. The van der Waals surface area contributed by atoms with Gasteiger partial charge in [0.15, 0.2) is 0 Å². The summed E-state index contributed by atoms with van der Waals surface area (Å²) in [6.45, 7) is 7.18. The van der Waals surface area contributed by atoms with E-state index in [1.54, 1.807) is 11.8 Å². The molecule has 1 heterocycles. The van der Waals surface area contributed by atoms with Crippen molar-refractivity contribution in [1.82, 2.24) is 20.3 Å². The number of hydrogen-bond donors (Lipinski definition) is 1. The third-order valence-corrected chi connectivity index (χ3v) is 3.15. The average Bonchev–Trinajstić information content (AvgIpc) is 2.70. The molecular formula is C13H26N4O. The smallest absolute Gasteiger partial charge is 0.0832 e. The Morgan fingerprint density at radius 1 is 1.50 bits per heavy atom. The number of rotatable bonds is 9. The first-order chi connectivity index (χ1) is 8.59. The Bertz CT molecular complexity index is 339. The fraction of sp³-hybridized carbons (Fsp3) is 0.846. The maximum absolute atomic E-state index is 5.05. The lowest BCUT2D eigenvalue weighted by molar-refractivity contribution is 0.189. The molecule has 1 aromatic rings. The summed E-state index contributed by atoms with van der Waals surface area (Å²) < 4.78 is 6.81. The van der Waals surface area contributed by atoms with Crippen molar-refractivity contribution in [1.29, 1.82) is 0 Å². The third-order valence-electron chi connectivity index (χ3n) is 3.15. The van der Waals surface area contributed by atoms with Gasteiger partial charge < -0.3 is 10.1 Å². The van der Waals surface area contributed by atoms with Gasteiger partial charge in [-0.15, -0.1) is 5.10 Å². The fourth-order valence-corrected chi connectivity index (χ4v) is 2.32. The Hall–Kier alpha value is -0.940. The summed E-state index contributed by atoms with van der Waals surface area (Å²) in [5, 5.41) is 11.6. The van der Waals surface area contributed by atoms with Crippen molar-refractivity contribution in [2.75, 3.05) is 26.8 Å². The van der Waals surface area contributed by atoms with Gasteiger partial charge in [-0.25, -0.2) is 0 Å². The molecule has 0 saturated carbocycles. The molecular weight excluding hydrogens is 228 g/mol. The van der Waals surface area contributed by atoms with Gasteiger partial charge in [-0.3, -0.25) is 4.68 Å². The molecule has 104 valence electrons. The summed E-state index contributed by atoms with van der Waals surface area (Å²) in [7, 11) is 3.64. The minimum Gasteiger partial charge on any atom is -0.383 e. The minimum absolute atomic E-state index is 0.235. The summed E-state index contributed by atoms with van der Waals surface area (Å²) in [6.07, 6.45) is 5.34. The molecule has 1 N–H and O–H groups in total. The molecule has 1 atom stereocenters. The molecule has 0 radical (unpaired) electrons. The zero-order valence-electron chi connectivity index (χ0n) is 12.1. The van der Waals surface area contributed by atoms with E-state index in [0.717, 1.165) is 31.8 Å². The van der Waals surface area contributed by atoms with E-state index in [2.05, 4.69) is 29.5 Å². The normalized spacial score (nSPS) is 14.7. The molecule has 0 bridgehead atoms. The number of nitrogens with one attached hydrogen (secondary N) is 1. The number of methoxy groups -OCH3 is 1. The first kappa shape index (κ1) is 15.1. The zero-order valence-corrected chi connectivity index (χ0v) is 12.1. The Kier molecular flexibility index (Phi) is 6.29. The second-order valence-corrected chi connectivity index (χ2v) is 5.29. The number of aryl methyl sites for hydroxylation is 1. The molecule has 1 aromatic heterocycles. The van der Waals surface area contributed by atoms with Crippen LogP contribution in [0.4, 0.5) is 0 Å². The fourth-order valence-electron chi connectivity index (χ4n) is 2.32. The van der Waals surface area contributed by atoms with Crippen molar-refractivity contribution in [3.8, 4) is 0 Å². The maximum Gasteiger partial charge on any atom is 0.0832 e. The van der Waals surface area contributed by atoms with Crippen molar-refractivity contribution < 1.29 is 4.74 Å². The lowest BCUT2D eigenvalue weighted by Crippen LogP contribution is -2.35. The number of ether oxygens (including phenoxy) is 1. The average molecular weight is 254 g/mol. The number of nitrogens with zero attached hydrogens (tertiary/aromatic N) is 3. The van der Waals surface area contributed by atoms with Gasteiger partial charge in [-0.1, -0.05) is 25.5 Å². The van der Waals surface area contributed by atoms with Gasteiger partial charge in [0.2, 0.25) is 0 Å². The minimum atomic E-state index is 0.235. The van der Waals surface area contributed by atoms with E-state index >= 15 is 0 Å². The topological polar surface area (TPSA) is 52.0 Å². The Balaban J connectivity index is 2.50. The van der Waals surface area contributed by atoms with Crippen molar-refractivity contribution >= 4 is 0 Å². The van der Waals surface area contributed by atoms with E-state index in [9.17, 15) is 0 Å². The molecule has 1 unspecified atom stereocenters. The summed E-state index contributed by atoms with van der Waals surface area (Å²) in [5.41, 5.74) is 1.31. The van der Waals surface area contributed by atoms with Crippen LogP contribution in [-0.4, -0.2) is 41.8 Å². The molecule has 5 heteroatoms. The monoisotopic (exact) mass is 254 g/mol. The summed E-state index contributed by atoms with van der Waals surface area (Å²) in [4.78, 5) is 0. The van der Waals surface area contributed by atoms with Crippen molar-refractivity contribution in [3.05, 3.63) is 11.9 Å². The van der Waals surface area contributed by atoms with Crippen LogP contribution < -0.4 is 5.32 Å². The van der Waals surface area contributed by atoms with Crippen LogP contribution in [0.3, 0.4) is 0 Å². The zero-order chi connectivity index (χ0) is 13.4. The lowest BCUT2D eigenvalue weighted by Gasteiger charge is -2.29. The molecule has 0 aliphatic heterocycles. The molecule has 0 aliphatic rings. The van der Waals surface area contributed by atoms with Crippen LogP contribution in [0.1, 0.15) is 32.4 Å². The highest BCUT2D eigenvalue weighted by molar-refractivity contribution is 4.98. The van der Waals surface area contributed by atoms with E-state index in [1.165, 1.54) is 12.8 Å². The van der Waals surface area contributed by atoms with Crippen LogP contribution in [0, 0.1) is 5.41 Å². The molecule has 18 heavy (non-hydrogen) atoms. The molecule has 0 spiro atoms. The quantitative estimate of drug-likeness (QED) is 0.677. The van der Waals surface area contributed by atoms with E-state index in [1.807, 2.05) is 13.2 Å². The highest BCUT2D eigenvalue weighted by Crippen LogP contribution is 2.26. The largest absolute Gasteiger partial charge is 0.383 e. The second-order valence-electron chi connectivity index (χ2n) is 5.29. The molecule has 0 saturated heterocycles.